The average molecular weight is 497 g/mol. The maximum absolute atomic E-state index is 12.3. The summed E-state index contributed by atoms with van der Waals surface area (Å²) in [6.07, 6.45) is -5.64. The van der Waals surface area contributed by atoms with E-state index in [2.05, 4.69) is 15.3 Å². The molecule has 0 saturated carbocycles. The van der Waals surface area contributed by atoms with E-state index in [4.69, 9.17) is 5.73 Å². The van der Waals surface area contributed by atoms with Crippen LogP contribution in [-0.4, -0.2) is 44.9 Å². The van der Waals surface area contributed by atoms with E-state index in [9.17, 15) is 35.9 Å². The number of aryl methyl sites for hydroxylation is 3. The third-order valence-corrected chi connectivity index (χ3v) is 4.64. The Balaban J connectivity index is 2.07. The van der Waals surface area contributed by atoms with Gasteiger partial charge in [-0.1, -0.05) is 5.11 Å². The number of rotatable bonds is 11. The number of Topliss-reactive ketones (excluding diaryl/α,β-unsaturated/α-hetero) is 1. The first kappa shape index (κ1) is 26.8. The molecule has 16 heteroatoms. The van der Waals surface area contributed by atoms with Gasteiger partial charge < -0.3 is 11.1 Å². The van der Waals surface area contributed by atoms with E-state index in [1.54, 1.807) is 33.9 Å². The van der Waals surface area contributed by atoms with Crippen molar-refractivity contribution in [1.82, 2.24) is 19.7 Å². The fourth-order valence-electron chi connectivity index (χ4n) is 2.80. The minimum Gasteiger partial charge on any atom is -0.382 e. The highest BCUT2D eigenvalue weighted by atomic mass is 19.4. The number of ketones is 1. The number of nitrogens with two attached hydrogens (primary N) is 1. The number of carbonyl (C=O) groups is 2. The van der Waals surface area contributed by atoms with Crippen LogP contribution in [0.25, 0.3) is 0 Å². The van der Waals surface area contributed by atoms with Crippen LogP contribution in [0.5, 0.6) is 0 Å². The second-order valence-electron chi connectivity index (χ2n) is 7.21. The van der Waals surface area contributed by atoms with Crippen molar-refractivity contribution in [3.63, 3.8) is 0 Å². The Morgan fingerprint density at radius 2 is 1.82 bits per heavy atom. The molecule has 10 nitrogen and oxygen atoms in total. The highest BCUT2D eigenvalue weighted by Gasteiger charge is 2.38. The van der Waals surface area contributed by atoms with Crippen molar-refractivity contribution in [2.75, 3.05) is 12.3 Å². The van der Waals surface area contributed by atoms with Crippen LogP contribution in [0, 0.1) is 0 Å². The van der Waals surface area contributed by atoms with Gasteiger partial charge in [0.2, 0.25) is 5.78 Å². The summed E-state index contributed by atoms with van der Waals surface area (Å²) in [6, 6.07) is 0. The number of aromatic nitrogens is 4. The predicted octanol–water partition coefficient (Wildman–Crippen LogP) is 2.88. The number of nitrogens with one attached hydrogen (secondary N) is 1. The topological polar surface area (TPSA) is 124 Å². The number of anilines is 1. The molecule has 0 bridgehead atoms. The normalized spacial score (nSPS) is 12.4. The van der Waals surface area contributed by atoms with Crippen LogP contribution in [0.4, 0.5) is 43.8 Å². The molecule has 0 aliphatic rings. The molecule has 0 aliphatic carbocycles. The van der Waals surface area contributed by atoms with Crippen LogP contribution in [-0.2, 0) is 29.7 Å². The Hall–Kier alpha value is -3.46. The first-order valence-electron chi connectivity index (χ1n) is 10.0. The zero-order valence-corrected chi connectivity index (χ0v) is 18.0. The van der Waals surface area contributed by atoms with Crippen molar-refractivity contribution in [1.29, 1.82) is 0 Å². The molecule has 0 unspecified atom stereocenters. The molecule has 2 aromatic rings. The van der Waals surface area contributed by atoms with Gasteiger partial charge in [-0.2, -0.15) is 31.4 Å². The van der Waals surface area contributed by atoms with Crippen molar-refractivity contribution in [3.8, 4) is 0 Å². The minimum absolute atomic E-state index is 0.00780. The number of hydrogen-bond acceptors (Lipinski definition) is 6. The van der Waals surface area contributed by atoms with E-state index in [1.165, 1.54) is 10.9 Å². The zero-order valence-electron chi connectivity index (χ0n) is 18.0. The summed E-state index contributed by atoms with van der Waals surface area (Å²) >= 11 is 0. The van der Waals surface area contributed by atoms with Gasteiger partial charge in [0.15, 0.2) is 11.5 Å². The van der Waals surface area contributed by atoms with Crippen LogP contribution < -0.4 is 15.6 Å². The average Bonchev–Trinajstić information content (AvgIpc) is 3.27. The standard InChI is InChI=1S/C18H22F6N8O2/c1-30-14(25)12(11-27-30)28-29-16-31(7-3-2-5-13(33)17(19,20)21)9-10-32(16)8-4-6-26-15(34)18(22,23)24/h9-11,25H,2-8H2,1H3,(H,26,34)/p+1. The van der Waals surface area contributed by atoms with Crippen LogP contribution >= 0.6 is 0 Å². The number of alkyl halides is 6. The molecule has 0 aliphatic heterocycles. The first-order valence-corrected chi connectivity index (χ1v) is 10.0. The SMILES string of the molecule is Cn1ncc(N=Nc2n(CCCCC(=O)C(F)(F)F)cc[n+]2CCCNC(=O)C(F)(F)F)c1N. The lowest BCUT2D eigenvalue weighted by atomic mass is 10.2. The monoisotopic (exact) mass is 497 g/mol. The van der Waals surface area contributed by atoms with Gasteiger partial charge in [0.1, 0.15) is 0 Å². The van der Waals surface area contributed by atoms with Crippen molar-refractivity contribution in [3.05, 3.63) is 18.6 Å². The number of unbranched alkanes of at least 4 members (excludes halogenated alkanes) is 1. The molecule has 0 spiro atoms. The molecular weight excluding hydrogens is 474 g/mol. The highest BCUT2D eigenvalue weighted by molar-refractivity contribution is 5.83. The van der Waals surface area contributed by atoms with E-state index >= 15 is 0 Å². The lowest BCUT2D eigenvalue weighted by Crippen LogP contribution is -2.39. The summed E-state index contributed by atoms with van der Waals surface area (Å²) in [5.41, 5.74) is 6.08. The Labute approximate surface area is 189 Å². The molecule has 0 radical (unpaired) electrons. The molecule has 0 fully saturated rings. The summed E-state index contributed by atoms with van der Waals surface area (Å²) in [7, 11) is 1.59. The molecule has 2 aromatic heterocycles. The molecule has 2 rings (SSSR count). The van der Waals surface area contributed by atoms with Crippen LogP contribution in [0.2, 0.25) is 0 Å². The second-order valence-corrected chi connectivity index (χ2v) is 7.21. The molecule has 2 heterocycles. The fourth-order valence-corrected chi connectivity index (χ4v) is 2.80. The van der Waals surface area contributed by atoms with Crippen molar-refractivity contribution < 1.29 is 40.5 Å². The number of azo groups is 1. The number of nitrogens with zero attached hydrogens (tertiary/aromatic N) is 6. The molecular formula is C18H23F6N8O2+. The van der Waals surface area contributed by atoms with E-state index in [1.807, 2.05) is 0 Å². The van der Waals surface area contributed by atoms with Gasteiger partial charge >= 0.3 is 24.2 Å². The van der Waals surface area contributed by atoms with Crippen molar-refractivity contribution in [2.45, 2.75) is 51.1 Å². The first-order chi connectivity index (χ1) is 15.8. The van der Waals surface area contributed by atoms with Crippen LogP contribution in [0.1, 0.15) is 25.7 Å². The number of halogens is 6. The van der Waals surface area contributed by atoms with Crippen molar-refractivity contribution >= 4 is 29.1 Å². The van der Waals surface area contributed by atoms with Gasteiger partial charge in [0.05, 0.1) is 31.7 Å². The van der Waals surface area contributed by atoms with E-state index < -0.39 is 30.5 Å². The van der Waals surface area contributed by atoms with E-state index in [0.29, 0.717) is 0 Å². The molecule has 188 valence electrons. The summed E-state index contributed by atoms with van der Waals surface area (Å²) < 4.78 is 78.3. The molecule has 0 atom stereocenters. The Morgan fingerprint density at radius 1 is 1.12 bits per heavy atom. The summed E-state index contributed by atoms with van der Waals surface area (Å²) in [5.74, 6) is -3.38. The third kappa shape index (κ3) is 7.55. The molecule has 0 aromatic carbocycles. The fraction of sp³-hybridized carbons (Fsp3) is 0.556. The minimum atomic E-state index is -4.98. The maximum Gasteiger partial charge on any atom is 0.471 e. The maximum atomic E-state index is 12.3. The largest absolute Gasteiger partial charge is 0.471 e. The van der Waals surface area contributed by atoms with Gasteiger partial charge in [-0.25, -0.2) is 9.13 Å². The van der Waals surface area contributed by atoms with Gasteiger partial charge in [-0.05, 0) is 19.3 Å². The number of nitrogen functional groups attached to an aromatic ring is 1. The molecule has 0 saturated heterocycles. The number of amides is 1. The second kappa shape index (κ2) is 11.1. The summed E-state index contributed by atoms with van der Waals surface area (Å²) in [4.78, 5) is 21.9. The lowest BCUT2D eigenvalue weighted by Gasteiger charge is -2.07. The third-order valence-electron chi connectivity index (χ3n) is 4.64. The van der Waals surface area contributed by atoms with Crippen molar-refractivity contribution in [2.24, 2.45) is 17.3 Å². The van der Waals surface area contributed by atoms with E-state index in [-0.39, 0.29) is 56.4 Å². The Bertz CT molecular complexity index is 973. The Kier molecular flexibility index (Phi) is 8.75. The molecule has 3 N–H and O–H groups in total. The summed E-state index contributed by atoms with van der Waals surface area (Å²) in [5, 5.41) is 13.8. The van der Waals surface area contributed by atoms with Gasteiger partial charge in [0.25, 0.3) is 0 Å². The van der Waals surface area contributed by atoms with E-state index in [0.717, 1.165) is 0 Å². The zero-order chi connectivity index (χ0) is 25.5. The quantitative estimate of drug-likeness (QED) is 0.214. The smallest absolute Gasteiger partial charge is 0.382 e. The number of imidazole rings is 1. The van der Waals surface area contributed by atoms with Gasteiger partial charge in [-0.15, -0.1) is 0 Å². The number of hydrogen-bond donors (Lipinski definition) is 2. The number of carbonyl (C=O) groups excluding carboxylic acids is 2. The van der Waals surface area contributed by atoms with Gasteiger partial charge in [0, 0.05) is 25.1 Å². The molecule has 34 heavy (non-hydrogen) atoms. The molecule has 1 amide bonds. The van der Waals surface area contributed by atoms with Crippen LogP contribution in [0.15, 0.2) is 28.8 Å². The predicted molar refractivity (Wildman–Crippen MR) is 105 cm³/mol. The summed E-state index contributed by atoms with van der Waals surface area (Å²) in [6.45, 7) is 0.122. The van der Waals surface area contributed by atoms with Crippen LogP contribution in [0.3, 0.4) is 0 Å². The van der Waals surface area contributed by atoms with Gasteiger partial charge in [-0.3, -0.25) is 14.3 Å². The highest BCUT2D eigenvalue weighted by Crippen LogP contribution is 2.23. The lowest BCUT2D eigenvalue weighted by molar-refractivity contribution is -0.683. The Morgan fingerprint density at radius 3 is 2.41 bits per heavy atom.